The van der Waals surface area contributed by atoms with E-state index >= 15 is 0 Å². The number of hydrogen-bond donors (Lipinski definition) is 0. The molecule has 1 fully saturated rings. The van der Waals surface area contributed by atoms with E-state index in [1.165, 1.54) is 25.7 Å². The second-order valence-electron chi connectivity index (χ2n) is 7.26. The lowest BCUT2D eigenvalue weighted by Crippen LogP contribution is -2.20. The van der Waals surface area contributed by atoms with Crippen LogP contribution in [0.5, 0.6) is 0 Å². The highest BCUT2D eigenvalue weighted by Gasteiger charge is 2.23. The molecule has 1 aromatic carbocycles. The molecule has 0 N–H and O–H groups in total. The highest BCUT2D eigenvalue weighted by molar-refractivity contribution is 7.99. The molecule has 140 valence electrons. The SMILES string of the molecule is Cc1oc(-c2ccccc2Cl)nc1CSCC(=O)CC1CCCCC1C. The molecule has 3 nitrogen and oxygen atoms in total. The minimum atomic E-state index is 0.362. The quantitative estimate of drug-likeness (QED) is 0.553. The summed E-state index contributed by atoms with van der Waals surface area (Å²) in [4.78, 5) is 16.9. The number of carbonyl (C=O) groups is 1. The molecule has 2 aromatic rings. The standard InChI is InChI=1S/C21H26ClNO2S/c1-14-7-3-4-8-16(14)11-17(24)12-26-13-20-15(2)25-21(23-20)18-9-5-6-10-19(18)22/h5-6,9-10,14,16H,3-4,7-8,11-13H2,1-2H3. The van der Waals surface area contributed by atoms with Crippen LogP contribution in [0, 0.1) is 18.8 Å². The van der Waals surface area contributed by atoms with Gasteiger partial charge in [0.2, 0.25) is 5.89 Å². The lowest BCUT2D eigenvalue weighted by Gasteiger charge is -2.28. The van der Waals surface area contributed by atoms with E-state index in [1.54, 1.807) is 11.8 Å². The van der Waals surface area contributed by atoms with Crippen molar-refractivity contribution in [1.29, 1.82) is 0 Å². The van der Waals surface area contributed by atoms with Gasteiger partial charge in [-0.1, -0.05) is 49.9 Å². The van der Waals surface area contributed by atoms with E-state index in [9.17, 15) is 4.79 Å². The number of Topliss-reactive ketones (excluding diaryl/α,β-unsaturated/α-hetero) is 1. The summed E-state index contributed by atoms with van der Waals surface area (Å²) >= 11 is 7.85. The van der Waals surface area contributed by atoms with E-state index in [0.29, 0.717) is 40.0 Å². The number of nitrogens with zero attached hydrogens (tertiary/aromatic N) is 1. The molecule has 0 radical (unpaired) electrons. The predicted molar refractivity (Wildman–Crippen MR) is 109 cm³/mol. The number of rotatable bonds is 7. The molecular formula is C21H26ClNO2S. The van der Waals surface area contributed by atoms with Gasteiger partial charge in [-0.15, -0.1) is 11.8 Å². The van der Waals surface area contributed by atoms with Gasteiger partial charge in [-0.2, -0.15) is 0 Å². The summed E-state index contributed by atoms with van der Waals surface area (Å²) in [5.74, 6) is 4.21. The van der Waals surface area contributed by atoms with Crippen LogP contribution < -0.4 is 0 Å². The summed E-state index contributed by atoms with van der Waals surface area (Å²) in [6, 6.07) is 7.53. The molecular weight excluding hydrogens is 366 g/mol. The van der Waals surface area contributed by atoms with Crippen LogP contribution in [-0.2, 0) is 10.5 Å². The maximum absolute atomic E-state index is 12.3. The van der Waals surface area contributed by atoms with Crippen molar-refractivity contribution < 1.29 is 9.21 Å². The zero-order chi connectivity index (χ0) is 18.5. The zero-order valence-electron chi connectivity index (χ0n) is 15.5. The average Bonchev–Trinajstić information content (AvgIpc) is 2.98. The van der Waals surface area contributed by atoms with Gasteiger partial charge in [-0.3, -0.25) is 4.79 Å². The van der Waals surface area contributed by atoms with Gasteiger partial charge in [0.15, 0.2) is 0 Å². The molecule has 1 saturated carbocycles. The molecule has 26 heavy (non-hydrogen) atoms. The Labute approximate surface area is 164 Å². The number of aryl methyl sites for hydroxylation is 1. The fraction of sp³-hybridized carbons (Fsp3) is 0.524. The minimum Gasteiger partial charge on any atom is -0.441 e. The van der Waals surface area contributed by atoms with Crippen LogP contribution in [0.3, 0.4) is 0 Å². The Morgan fingerprint density at radius 2 is 2.08 bits per heavy atom. The Morgan fingerprint density at radius 3 is 2.85 bits per heavy atom. The molecule has 1 aromatic heterocycles. The van der Waals surface area contributed by atoms with Crippen LogP contribution in [0.15, 0.2) is 28.7 Å². The highest BCUT2D eigenvalue weighted by atomic mass is 35.5. The summed E-state index contributed by atoms with van der Waals surface area (Å²) in [6.45, 7) is 4.20. The van der Waals surface area contributed by atoms with Crippen LogP contribution in [0.1, 0.15) is 50.5 Å². The average molecular weight is 392 g/mol. The van der Waals surface area contributed by atoms with Crippen LogP contribution in [0.25, 0.3) is 11.5 Å². The molecule has 1 heterocycles. The lowest BCUT2D eigenvalue weighted by atomic mass is 9.78. The minimum absolute atomic E-state index is 0.362. The van der Waals surface area contributed by atoms with Gasteiger partial charge in [0.1, 0.15) is 11.5 Å². The normalized spacial score (nSPS) is 20.3. The summed E-state index contributed by atoms with van der Waals surface area (Å²) in [6.07, 6.45) is 5.81. The number of oxazole rings is 1. The summed E-state index contributed by atoms with van der Waals surface area (Å²) in [7, 11) is 0. The van der Waals surface area contributed by atoms with Crippen molar-refractivity contribution in [3.63, 3.8) is 0 Å². The molecule has 0 spiro atoms. The number of carbonyl (C=O) groups excluding carboxylic acids is 1. The van der Waals surface area contributed by atoms with Gasteiger partial charge in [0.25, 0.3) is 0 Å². The second-order valence-corrected chi connectivity index (χ2v) is 8.65. The first-order chi connectivity index (χ1) is 12.5. The fourth-order valence-corrected chi connectivity index (χ4v) is 4.75. The number of aromatic nitrogens is 1. The monoisotopic (exact) mass is 391 g/mol. The summed E-state index contributed by atoms with van der Waals surface area (Å²) < 4.78 is 5.78. The van der Waals surface area contributed by atoms with Gasteiger partial charge in [0, 0.05) is 12.2 Å². The molecule has 0 bridgehead atoms. The Morgan fingerprint density at radius 1 is 1.31 bits per heavy atom. The Kier molecular flexibility index (Phi) is 6.82. The van der Waals surface area contributed by atoms with Crippen molar-refractivity contribution in [2.24, 2.45) is 11.8 Å². The molecule has 2 unspecified atom stereocenters. The van der Waals surface area contributed by atoms with E-state index in [-0.39, 0.29) is 0 Å². The molecule has 0 amide bonds. The van der Waals surface area contributed by atoms with Crippen molar-refractivity contribution >= 4 is 29.1 Å². The van der Waals surface area contributed by atoms with E-state index in [2.05, 4.69) is 11.9 Å². The van der Waals surface area contributed by atoms with E-state index in [0.717, 1.165) is 23.4 Å². The molecule has 3 rings (SSSR count). The molecule has 5 heteroatoms. The van der Waals surface area contributed by atoms with Crippen LogP contribution in [0.4, 0.5) is 0 Å². The van der Waals surface area contributed by atoms with Gasteiger partial charge < -0.3 is 4.42 Å². The van der Waals surface area contributed by atoms with Crippen LogP contribution in [-0.4, -0.2) is 16.5 Å². The topological polar surface area (TPSA) is 43.1 Å². The fourth-order valence-electron chi connectivity index (χ4n) is 3.62. The van der Waals surface area contributed by atoms with Crippen molar-refractivity contribution in [2.75, 3.05) is 5.75 Å². The maximum Gasteiger partial charge on any atom is 0.228 e. The third-order valence-electron chi connectivity index (χ3n) is 5.28. The maximum atomic E-state index is 12.3. The van der Waals surface area contributed by atoms with Crippen molar-refractivity contribution in [3.8, 4) is 11.5 Å². The van der Waals surface area contributed by atoms with E-state index < -0.39 is 0 Å². The summed E-state index contributed by atoms with van der Waals surface area (Å²) in [5, 5.41) is 0.629. The smallest absolute Gasteiger partial charge is 0.228 e. The third-order valence-corrected chi connectivity index (χ3v) is 6.61. The first-order valence-corrected chi connectivity index (χ1v) is 10.9. The number of hydrogen-bond acceptors (Lipinski definition) is 4. The van der Waals surface area contributed by atoms with Gasteiger partial charge >= 0.3 is 0 Å². The summed E-state index contributed by atoms with van der Waals surface area (Å²) in [5.41, 5.74) is 1.69. The first-order valence-electron chi connectivity index (χ1n) is 9.35. The number of ketones is 1. The molecule has 0 saturated heterocycles. The van der Waals surface area contributed by atoms with Crippen molar-refractivity contribution in [1.82, 2.24) is 4.98 Å². The highest BCUT2D eigenvalue weighted by Crippen LogP contribution is 2.33. The van der Waals surface area contributed by atoms with E-state index in [1.807, 2.05) is 31.2 Å². The Balaban J connectivity index is 1.52. The van der Waals surface area contributed by atoms with Crippen LogP contribution >= 0.6 is 23.4 Å². The number of thioether (sulfide) groups is 1. The molecule has 1 aliphatic rings. The van der Waals surface area contributed by atoms with Crippen molar-refractivity contribution in [3.05, 3.63) is 40.7 Å². The Hall–Kier alpha value is -1.26. The van der Waals surface area contributed by atoms with E-state index in [4.69, 9.17) is 16.0 Å². The van der Waals surface area contributed by atoms with Crippen LogP contribution in [0.2, 0.25) is 5.02 Å². The Bertz CT molecular complexity index is 758. The second kappa shape index (κ2) is 9.09. The number of halogens is 1. The molecule has 0 aliphatic heterocycles. The molecule has 2 atom stereocenters. The van der Waals surface area contributed by atoms with Gasteiger partial charge in [0.05, 0.1) is 22.0 Å². The van der Waals surface area contributed by atoms with Gasteiger partial charge in [-0.05, 0) is 37.3 Å². The largest absolute Gasteiger partial charge is 0.441 e. The van der Waals surface area contributed by atoms with Crippen molar-refractivity contribution in [2.45, 2.75) is 51.7 Å². The molecule has 1 aliphatic carbocycles. The number of benzene rings is 1. The van der Waals surface area contributed by atoms with Gasteiger partial charge in [-0.25, -0.2) is 4.98 Å². The zero-order valence-corrected chi connectivity index (χ0v) is 17.0. The lowest BCUT2D eigenvalue weighted by molar-refractivity contribution is -0.118. The first kappa shape index (κ1) is 19.5. The predicted octanol–water partition coefficient (Wildman–Crippen LogP) is 6.32. The third kappa shape index (κ3) is 4.92.